The summed E-state index contributed by atoms with van der Waals surface area (Å²) in [5.74, 6) is -0.353. The highest BCUT2D eigenvalue weighted by atomic mass is 16.5. The van der Waals surface area contributed by atoms with Crippen LogP contribution in [-0.2, 0) is 4.74 Å². The first-order valence-corrected chi connectivity index (χ1v) is 9.45. The number of carbonyl (C=O) groups is 1. The number of H-pyrrole nitrogens is 1. The number of likely N-dealkylation sites (N-methyl/N-ethyl adjacent to an activating group) is 1. The lowest BCUT2D eigenvalue weighted by Gasteiger charge is -2.36. The molecular weight excluding hydrogens is 346 g/mol. The SMILES string of the molecule is CN(C(=O)c1cc2ccccc2[nH]c1=O)[C@@H]1CC[C@@H](N2CCOCC2)[C@@H]1O. The smallest absolute Gasteiger partial charge is 0.261 e. The third-order valence-corrected chi connectivity index (χ3v) is 5.86. The van der Waals surface area contributed by atoms with Gasteiger partial charge in [0.15, 0.2) is 0 Å². The van der Waals surface area contributed by atoms with Crippen molar-refractivity contribution in [3.63, 3.8) is 0 Å². The number of hydrogen-bond donors (Lipinski definition) is 2. The first-order chi connectivity index (χ1) is 13.1. The van der Waals surface area contributed by atoms with Crippen LogP contribution >= 0.6 is 0 Å². The Kier molecular flexibility index (Phi) is 4.99. The quantitative estimate of drug-likeness (QED) is 0.835. The van der Waals surface area contributed by atoms with E-state index in [9.17, 15) is 14.7 Å². The minimum Gasteiger partial charge on any atom is -0.389 e. The molecule has 7 nitrogen and oxygen atoms in total. The number of morpholine rings is 1. The summed E-state index contributed by atoms with van der Waals surface area (Å²) >= 11 is 0. The molecule has 1 amide bonds. The van der Waals surface area contributed by atoms with Gasteiger partial charge in [-0.1, -0.05) is 18.2 Å². The van der Waals surface area contributed by atoms with E-state index in [2.05, 4.69) is 9.88 Å². The normalized spacial score (nSPS) is 26.4. The van der Waals surface area contributed by atoms with Crippen LogP contribution in [0.15, 0.2) is 35.1 Å². The van der Waals surface area contributed by atoms with E-state index in [1.807, 2.05) is 24.3 Å². The van der Waals surface area contributed by atoms with Crippen molar-refractivity contribution in [3.05, 3.63) is 46.2 Å². The summed E-state index contributed by atoms with van der Waals surface area (Å²) in [6.07, 6.45) is 0.922. The number of rotatable bonds is 3. The standard InChI is InChI=1S/C20H25N3O4/c1-22(16-6-7-17(18(16)24)23-8-10-27-11-9-23)20(26)14-12-13-4-2-3-5-15(13)21-19(14)25/h2-5,12,16-18,24H,6-11H2,1H3,(H,21,25)/t16-,17-,18-/m1/s1. The number of aliphatic hydroxyl groups excluding tert-OH is 1. The van der Waals surface area contributed by atoms with E-state index in [0.717, 1.165) is 31.3 Å². The number of nitrogens with zero attached hydrogens (tertiary/aromatic N) is 2. The molecule has 7 heteroatoms. The molecule has 1 aromatic carbocycles. The van der Waals surface area contributed by atoms with Gasteiger partial charge in [-0.05, 0) is 30.4 Å². The lowest BCUT2D eigenvalue weighted by molar-refractivity contribution is -0.0231. The Balaban J connectivity index is 1.54. The summed E-state index contributed by atoms with van der Waals surface area (Å²) in [6, 6.07) is 8.75. The molecule has 0 bridgehead atoms. The van der Waals surface area contributed by atoms with Gasteiger partial charge in [-0.2, -0.15) is 0 Å². The first-order valence-electron chi connectivity index (χ1n) is 9.45. The molecule has 0 radical (unpaired) electrons. The Labute approximate surface area is 157 Å². The number of fused-ring (bicyclic) bond motifs is 1. The summed E-state index contributed by atoms with van der Waals surface area (Å²) in [5, 5.41) is 11.7. The predicted molar refractivity (Wildman–Crippen MR) is 102 cm³/mol. The molecule has 144 valence electrons. The zero-order valence-electron chi connectivity index (χ0n) is 15.4. The number of ether oxygens (including phenoxy) is 1. The first kappa shape index (κ1) is 18.2. The van der Waals surface area contributed by atoms with Crippen LogP contribution in [-0.4, -0.2) is 77.3 Å². The monoisotopic (exact) mass is 371 g/mol. The highest BCUT2D eigenvalue weighted by molar-refractivity contribution is 5.97. The molecule has 0 unspecified atom stereocenters. The second-order valence-corrected chi connectivity index (χ2v) is 7.37. The van der Waals surface area contributed by atoms with Gasteiger partial charge in [-0.25, -0.2) is 0 Å². The molecule has 1 aliphatic heterocycles. The molecule has 1 saturated heterocycles. The summed E-state index contributed by atoms with van der Waals surface area (Å²) in [7, 11) is 1.67. The molecule has 3 atom stereocenters. The van der Waals surface area contributed by atoms with Crippen molar-refractivity contribution >= 4 is 16.8 Å². The molecule has 2 aliphatic rings. The number of nitrogens with one attached hydrogen (secondary N) is 1. The second kappa shape index (κ2) is 7.42. The van der Waals surface area contributed by atoms with Gasteiger partial charge in [0.1, 0.15) is 5.56 Å². The van der Waals surface area contributed by atoms with Crippen molar-refractivity contribution in [2.45, 2.75) is 31.0 Å². The van der Waals surface area contributed by atoms with Gasteiger partial charge in [0, 0.05) is 31.7 Å². The van der Waals surface area contributed by atoms with Gasteiger partial charge >= 0.3 is 0 Å². The molecule has 2 fully saturated rings. The molecule has 27 heavy (non-hydrogen) atoms. The lowest BCUT2D eigenvalue weighted by Crippen LogP contribution is -2.52. The number of para-hydroxylation sites is 1. The summed E-state index contributed by atoms with van der Waals surface area (Å²) in [6.45, 7) is 2.96. The average molecular weight is 371 g/mol. The number of pyridine rings is 1. The highest BCUT2D eigenvalue weighted by Gasteiger charge is 2.42. The third-order valence-electron chi connectivity index (χ3n) is 5.86. The van der Waals surface area contributed by atoms with E-state index >= 15 is 0 Å². The predicted octanol–water partition coefficient (Wildman–Crippen LogP) is 0.824. The number of hydrogen-bond acceptors (Lipinski definition) is 5. The number of benzene rings is 1. The Hall–Kier alpha value is -2.22. The third kappa shape index (κ3) is 3.38. The maximum atomic E-state index is 13.0. The molecule has 2 heterocycles. The van der Waals surface area contributed by atoms with Crippen molar-refractivity contribution in [3.8, 4) is 0 Å². The van der Waals surface area contributed by atoms with Crippen LogP contribution in [0.2, 0.25) is 0 Å². The number of aromatic nitrogens is 1. The molecule has 1 aromatic heterocycles. The Morgan fingerprint density at radius 2 is 2.00 bits per heavy atom. The fourth-order valence-corrected chi connectivity index (χ4v) is 4.32. The van der Waals surface area contributed by atoms with E-state index in [0.29, 0.717) is 18.7 Å². The highest BCUT2D eigenvalue weighted by Crippen LogP contribution is 2.29. The Morgan fingerprint density at radius 3 is 2.78 bits per heavy atom. The largest absolute Gasteiger partial charge is 0.389 e. The van der Waals surface area contributed by atoms with Crippen LogP contribution in [0.5, 0.6) is 0 Å². The second-order valence-electron chi connectivity index (χ2n) is 7.37. The molecule has 0 spiro atoms. The fourth-order valence-electron chi connectivity index (χ4n) is 4.32. The van der Waals surface area contributed by atoms with Crippen molar-refractivity contribution in [1.82, 2.24) is 14.8 Å². The average Bonchev–Trinajstić information content (AvgIpc) is 3.08. The fraction of sp³-hybridized carbons (Fsp3) is 0.500. The van der Waals surface area contributed by atoms with Gasteiger partial charge in [-0.3, -0.25) is 14.5 Å². The summed E-state index contributed by atoms with van der Waals surface area (Å²) in [5.41, 5.74) is 0.413. The number of aliphatic hydroxyl groups is 1. The zero-order chi connectivity index (χ0) is 19.0. The Bertz CT molecular complexity index is 890. The van der Waals surface area contributed by atoms with Crippen LogP contribution in [0.1, 0.15) is 23.2 Å². The van der Waals surface area contributed by atoms with E-state index < -0.39 is 11.7 Å². The van der Waals surface area contributed by atoms with Crippen LogP contribution in [0.3, 0.4) is 0 Å². The molecule has 2 N–H and O–H groups in total. The Morgan fingerprint density at radius 1 is 1.26 bits per heavy atom. The number of amides is 1. The van der Waals surface area contributed by atoms with Gasteiger partial charge in [0.05, 0.1) is 25.4 Å². The van der Waals surface area contributed by atoms with E-state index in [-0.39, 0.29) is 23.6 Å². The van der Waals surface area contributed by atoms with Gasteiger partial charge in [0.2, 0.25) is 0 Å². The number of aromatic amines is 1. The molecule has 4 rings (SSSR count). The van der Waals surface area contributed by atoms with E-state index in [1.54, 1.807) is 13.1 Å². The molecule has 2 aromatic rings. The van der Waals surface area contributed by atoms with Crippen LogP contribution in [0.4, 0.5) is 0 Å². The summed E-state index contributed by atoms with van der Waals surface area (Å²) < 4.78 is 5.39. The zero-order valence-corrected chi connectivity index (χ0v) is 15.4. The van der Waals surface area contributed by atoms with Crippen LogP contribution in [0.25, 0.3) is 10.9 Å². The maximum absolute atomic E-state index is 13.0. The molecular formula is C20H25N3O4. The molecule has 1 aliphatic carbocycles. The minimum absolute atomic E-state index is 0.0315. The summed E-state index contributed by atoms with van der Waals surface area (Å²) in [4.78, 5) is 31.9. The van der Waals surface area contributed by atoms with Crippen molar-refractivity contribution in [2.24, 2.45) is 0 Å². The van der Waals surface area contributed by atoms with Gasteiger partial charge in [0.25, 0.3) is 11.5 Å². The van der Waals surface area contributed by atoms with Crippen molar-refractivity contribution in [1.29, 1.82) is 0 Å². The topological polar surface area (TPSA) is 85.9 Å². The van der Waals surface area contributed by atoms with Gasteiger partial charge in [-0.15, -0.1) is 0 Å². The number of carbonyl (C=O) groups excluding carboxylic acids is 1. The van der Waals surface area contributed by atoms with Gasteiger partial charge < -0.3 is 19.7 Å². The van der Waals surface area contributed by atoms with Crippen LogP contribution in [0, 0.1) is 0 Å². The van der Waals surface area contributed by atoms with Crippen LogP contribution < -0.4 is 5.56 Å². The van der Waals surface area contributed by atoms with Crippen molar-refractivity contribution < 1.29 is 14.6 Å². The van der Waals surface area contributed by atoms with E-state index in [1.165, 1.54) is 4.90 Å². The van der Waals surface area contributed by atoms with E-state index in [4.69, 9.17) is 4.74 Å². The maximum Gasteiger partial charge on any atom is 0.261 e. The van der Waals surface area contributed by atoms with Crippen molar-refractivity contribution in [2.75, 3.05) is 33.4 Å². The molecule has 1 saturated carbocycles. The lowest BCUT2D eigenvalue weighted by atomic mass is 10.1. The minimum atomic E-state index is -0.628.